The first kappa shape index (κ1) is 20.2. The van der Waals surface area contributed by atoms with Crippen molar-refractivity contribution in [3.05, 3.63) is 82.3 Å². The summed E-state index contributed by atoms with van der Waals surface area (Å²) in [4.78, 5) is 22.2. The number of fused-ring (bicyclic) bond motifs is 1. The van der Waals surface area contributed by atoms with Crippen LogP contribution in [-0.2, 0) is 4.74 Å². The molecule has 0 bridgehead atoms. The summed E-state index contributed by atoms with van der Waals surface area (Å²) in [6, 6.07) is 12.9. The van der Waals surface area contributed by atoms with Crippen LogP contribution in [0.5, 0.6) is 0 Å². The minimum atomic E-state index is -1.13. The number of halogens is 1. The number of hydrogen-bond donors (Lipinski definition) is 2. The third-order valence-electron chi connectivity index (χ3n) is 5.54. The van der Waals surface area contributed by atoms with E-state index in [4.69, 9.17) is 4.74 Å². The Morgan fingerprint density at radius 3 is 2.69 bits per heavy atom. The van der Waals surface area contributed by atoms with E-state index in [0.717, 1.165) is 18.8 Å². The number of nitrogens with one attached hydrogen (secondary N) is 1. The van der Waals surface area contributed by atoms with Crippen molar-refractivity contribution in [1.29, 1.82) is 0 Å². The predicted octanol–water partition coefficient (Wildman–Crippen LogP) is 2.44. The summed E-state index contributed by atoms with van der Waals surface area (Å²) in [6.45, 7) is 2.96. The second-order valence-corrected chi connectivity index (χ2v) is 7.51. The second-order valence-electron chi connectivity index (χ2n) is 7.51. The lowest BCUT2D eigenvalue weighted by atomic mass is 9.99. The highest BCUT2D eigenvalue weighted by Gasteiger charge is 2.18. The number of hydrogen-bond acceptors (Lipinski definition) is 7. The summed E-state index contributed by atoms with van der Waals surface area (Å²) in [5, 5.41) is 17.5. The Labute approximate surface area is 182 Å². The van der Waals surface area contributed by atoms with Gasteiger partial charge in [-0.25, -0.2) is 19.5 Å². The Hall–Kier alpha value is -3.69. The molecule has 9 heteroatoms. The van der Waals surface area contributed by atoms with Gasteiger partial charge in [0.15, 0.2) is 0 Å². The van der Waals surface area contributed by atoms with Gasteiger partial charge in [0.05, 0.1) is 30.1 Å². The van der Waals surface area contributed by atoms with Gasteiger partial charge in [0.2, 0.25) is 0 Å². The summed E-state index contributed by atoms with van der Waals surface area (Å²) < 4.78 is 20.3. The van der Waals surface area contributed by atoms with Crippen molar-refractivity contribution in [3.8, 4) is 11.3 Å². The zero-order valence-corrected chi connectivity index (χ0v) is 17.0. The number of rotatable bonds is 4. The van der Waals surface area contributed by atoms with E-state index >= 15 is 0 Å². The van der Waals surface area contributed by atoms with E-state index in [9.17, 15) is 14.3 Å². The Kier molecular flexibility index (Phi) is 5.34. The fourth-order valence-electron chi connectivity index (χ4n) is 3.85. The lowest BCUT2D eigenvalue weighted by Gasteiger charge is -2.29. The third-order valence-corrected chi connectivity index (χ3v) is 5.54. The molecule has 1 unspecified atom stereocenters. The molecule has 2 aromatic carbocycles. The van der Waals surface area contributed by atoms with Crippen molar-refractivity contribution >= 4 is 16.6 Å². The molecule has 4 aromatic rings. The molecular weight excluding hydrogens is 413 g/mol. The van der Waals surface area contributed by atoms with Crippen molar-refractivity contribution in [2.75, 3.05) is 31.2 Å². The van der Waals surface area contributed by atoms with Gasteiger partial charge in [-0.15, -0.1) is 0 Å². The molecule has 32 heavy (non-hydrogen) atoms. The molecule has 0 radical (unpaired) electrons. The molecule has 1 aliphatic rings. The van der Waals surface area contributed by atoms with Crippen LogP contribution in [0.25, 0.3) is 22.2 Å². The molecule has 1 saturated heterocycles. The molecule has 1 fully saturated rings. The molecule has 1 atom stereocenters. The van der Waals surface area contributed by atoms with E-state index in [1.54, 1.807) is 6.07 Å². The molecule has 0 aliphatic carbocycles. The average Bonchev–Trinajstić information content (AvgIpc) is 2.84. The lowest BCUT2D eigenvalue weighted by Crippen LogP contribution is -2.36. The highest BCUT2D eigenvalue weighted by Crippen LogP contribution is 2.32. The summed E-state index contributed by atoms with van der Waals surface area (Å²) in [6.07, 6.45) is 0.277. The molecule has 8 nitrogen and oxygen atoms in total. The van der Waals surface area contributed by atoms with Crippen molar-refractivity contribution < 1.29 is 14.2 Å². The Balaban J connectivity index is 1.55. The molecule has 162 valence electrons. The number of H-pyrrole nitrogens is 1. The van der Waals surface area contributed by atoms with Crippen LogP contribution in [0.3, 0.4) is 0 Å². The molecule has 2 aromatic heterocycles. The normalized spacial score (nSPS) is 15.1. The molecule has 0 spiro atoms. The van der Waals surface area contributed by atoms with Crippen LogP contribution in [0.4, 0.5) is 10.1 Å². The van der Waals surface area contributed by atoms with Gasteiger partial charge < -0.3 is 14.7 Å². The number of aromatic nitrogens is 4. The number of morpholine rings is 1. The standard InChI is InChI=1S/C23H20FN5O3/c24-18-4-1-14(23(31)19-5-6-21(30)28-27-19)11-17(18)22-16-3-2-15(12-20(16)25-13-26-22)29-7-9-32-10-8-29/h1-6,11-13,23,31H,7-10H2,(H,28,30). The minimum Gasteiger partial charge on any atom is -0.382 e. The van der Waals surface area contributed by atoms with Crippen LogP contribution in [0.1, 0.15) is 17.4 Å². The second kappa shape index (κ2) is 8.45. The summed E-state index contributed by atoms with van der Waals surface area (Å²) in [5.41, 5.74) is 2.72. The number of nitrogens with zero attached hydrogens (tertiary/aromatic N) is 4. The van der Waals surface area contributed by atoms with E-state index < -0.39 is 11.9 Å². The predicted molar refractivity (Wildman–Crippen MR) is 117 cm³/mol. The van der Waals surface area contributed by atoms with Crippen LogP contribution in [0.2, 0.25) is 0 Å². The number of aromatic amines is 1. The molecule has 0 saturated carbocycles. The maximum Gasteiger partial charge on any atom is 0.264 e. The molecule has 5 rings (SSSR count). The van der Waals surface area contributed by atoms with E-state index in [1.165, 1.54) is 30.6 Å². The van der Waals surface area contributed by atoms with Gasteiger partial charge in [0.25, 0.3) is 5.56 Å². The van der Waals surface area contributed by atoms with Crippen molar-refractivity contribution in [2.45, 2.75) is 6.10 Å². The monoisotopic (exact) mass is 433 g/mol. The molecule has 2 N–H and O–H groups in total. The summed E-state index contributed by atoms with van der Waals surface area (Å²) in [7, 11) is 0. The Bertz CT molecular complexity index is 1320. The molecular formula is C23H20FN5O3. The average molecular weight is 433 g/mol. The first-order valence-electron chi connectivity index (χ1n) is 10.2. The highest BCUT2D eigenvalue weighted by molar-refractivity contribution is 5.94. The number of aliphatic hydroxyl groups excluding tert-OH is 1. The lowest BCUT2D eigenvalue weighted by molar-refractivity contribution is 0.122. The van der Waals surface area contributed by atoms with Crippen LogP contribution < -0.4 is 10.5 Å². The number of ether oxygens (including phenoxy) is 1. The van der Waals surface area contributed by atoms with Crippen LogP contribution >= 0.6 is 0 Å². The van der Waals surface area contributed by atoms with E-state index in [0.29, 0.717) is 35.4 Å². The first-order valence-corrected chi connectivity index (χ1v) is 10.2. The number of benzene rings is 2. The van der Waals surface area contributed by atoms with E-state index in [-0.39, 0.29) is 16.8 Å². The van der Waals surface area contributed by atoms with Crippen molar-refractivity contribution in [1.82, 2.24) is 20.2 Å². The van der Waals surface area contributed by atoms with Crippen molar-refractivity contribution in [3.63, 3.8) is 0 Å². The SMILES string of the molecule is O=c1ccc(C(O)c2ccc(F)c(-c3ncnc4cc(N5CCOCC5)ccc34)c2)n[nH]1. The molecule has 3 heterocycles. The number of aliphatic hydroxyl groups is 1. The maximum atomic E-state index is 14.8. The molecule has 1 aliphatic heterocycles. The maximum absolute atomic E-state index is 14.8. The van der Waals surface area contributed by atoms with Gasteiger partial charge in [-0.2, -0.15) is 5.10 Å². The Morgan fingerprint density at radius 2 is 1.91 bits per heavy atom. The zero-order valence-electron chi connectivity index (χ0n) is 17.0. The third kappa shape index (κ3) is 3.83. The van der Waals surface area contributed by atoms with Gasteiger partial charge in [-0.3, -0.25) is 4.79 Å². The van der Waals surface area contributed by atoms with E-state index in [1.807, 2.05) is 18.2 Å². The summed E-state index contributed by atoms with van der Waals surface area (Å²) >= 11 is 0. The van der Waals surface area contributed by atoms with E-state index in [2.05, 4.69) is 25.1 Å². The first-order chi connectivity index (χ1) is 15.6. The fraction of sp³-hybridized carbons (Fsp3) is 0.217. The molecule has 0 amide bonds. The van der Waals surface area contributed by atoms with Crippen LogP contribution in [0.15, 0.2) is 59.7 Å². The van der Waals surface area contributed by atoms with Crippen LogP contribution in [0, 0.1) is 5.82 Å². The zero-order chi connectivity index (χ0) is 22.1. The Morgan fingerprint density at radius 1 is 1.06 bits per heavy atom. The largest absolute Gasteiger partial charge is 0.382 e. The summed E-state index contributed by atoms with van der Waals surface area (Å²) in [5.74, 6) is -0.465. The van der Waals surface area contributed by atoms with Gasteiger partial charge in [0, 0.05) is 35.8 Å². The fourth-order valence-corrected chi connectivity index (χ4v) is 3.85. The minimum absolute atomic E-state index is 0.248. The van der Waals surface area contributed by atoms with Gasteiger partial charge in [-0.1, -0.05) is 6.07 Å². The quantitative estimate of drug-likeness (QED) is 0.509. The van der Waals surface area contributed by atoms with Crippen LogP contribution in [-0.4, -0.2) is 51.6 Å². The van der Waals surface area contributed by atoms with Crippen molar-refractivity contribution in [2.24, 2.45) is 0 Å². The smallest absolute Gasteiger partial charge is 0.264 e. The van der Waals surface area contributed by atoms with Gasteiger partial charge >= 0.3 is 0 Å². The topological polar surface area (TPSA) is 104 Å². The van der Waals surface area contributed by atoms with Gasteiger partial charge in [0.1, 0.15) is 18.2 Å². The number of anilines is 1. The highest BCUT2D eigenvalue weighted by atomic mass is 19.1. The van der Waals surface area contributed by atoms with Gasteiger partial charge in [-0.05, 0) is 42.0 Å².